The molecule has 3 rings (SSSR count). The second-order valence-electron chi connectivity index (χ2n) is 6.26. The van der Waals surface area contributed by atoms with Gasteiger partial charge < -0.3 is 15.4 Å². The van der Waals surface area contributed by atoms with Gasteiger partial charge in [0.2, 0.25) is 0 Å². The number of aryl methyl sites for hydroxylation is 1. The van der Waals surface area contributed by atoms with Crippen molar-refractivity contribution in [3.63, 3.8) is 0 Å². The number of alkyl halides is 2. The maximum atomic E-state index is 13.2. The number of hydrogen-bond acceptors (Lipinski definition) is 4. The summed E-state index contributed by atoms with van der Waals surface area (Å²) < 4.78 is 45.8. The molecule has 2 N–H and O–H groups in total. The van der Waals surface area contributed by atoms with Crippen molar-refractivity contribution in [2.75, 3.05) is 10.6 Å². The fourth-order valence-corrected chi connectivity index (χ4v) is 2.59. The molecule has 3 aromatic rings. The van der Waals surface area contributed by atoms with Gasteiger partial charge in [-0.15, -0.1) is 0 Å². The van der Waals surface area contributed by atoms with E-state index in [2.05, 4.69) is 15.7 Å². The van der Waals surface area contributed by atoms with Crippen LogP contribution in [0.3, 0.4) is 0 Å². The fourth-order valence-electron chi connectivity index (χ4n) is 2.59. The van der Waals surface area contributed by atoms with Crippen LogP contribution in [0.4, 0.5) is 24.5 Å². The van der Waals surface area contributed by atoms with Crippen LogP contribution in [0.15, 0.2) is 54.7 Å². The molecule has 0 saturated heterocycles. The van der Waals surface area contributed by atoms with E-state index < -0.39 is 23.9 Å². The number of anilines is 2. The zero-order valence-corrected chi connectivity index (χ0v) is 15.7. The zero-order chi connectivity index (χ0) is 21.7. The molecule has 0 saturated carbocycles. The summed E-state index contributed by atoms with van der Waals surface area (Å²) in [5.41, 5.74) is -0.00601. The lowest BCUT2D eigenvalue weighted by molar-refractivity contribution is -0.133. The summed E-state index contributed by atoms with van der Waals surface area (Å²) in [6.07, 6.45) is -1.73. The molecule has 30 heavy (non-hydrogen) atoms. The van der Waals surface area contributed by atoms with E-state index in [1.807, 2.05) is 0 Å². The molecular weight excluding hydrogens is 401 g/mol. The Morgan fingerprint density at radius 2 is 1.83 bits per heavy atom. The normalized spacial score (nSPS) is 10.7. The summed E-state index contributed by atoms with van der Waals surface area (Å²) in [5.74, 6) is -2.19. The Hall–Kier alpha value is -3.82. The van der Waals surface area contributed by atoms with Gasteiger partial charge in [-0.1, -0.05) is 18.2 Å². The summed E-state index contributed by atoms with van der Waals surface area (Å²) in [5, 5.41) is 8.03. The molecule has 0 aliphatic heterocycles. The molecule has 0 radical (unpaired) electrons. The maximum absolute atomic E-state index is 13.2. The highest BCUT2D eigenvalue weighted by Crippen LogP contribution is 2.25. The molecule has 7 nitrogen and oxygen atoms in total. The third-order valence-electron chi connectivity index (χ3n) is 3.90. The molecule has 0 spiro atoms. The minimum absolute atomic E-state index is 0.104. The molecule has 0 aliphatic carbocycles. The van der Waals surface area contributed by atoms with E-state index >= 15 is 0 Å². The quantitative estimate of drug-likeness (QED) is 0.599. The second kappa shape index (κ2) is 9.12. The first kappa shape index (κ1) is 20.9. The van der Waals surface area contributed by atoms with Crippen molar-refractivity contribution in [1.29, 1.82) is 0 Å². The number of carbonyl (C=O) groups excluding carboxylic acids is 2. The van der Waals surface area contributed by atoms with Gasteiger partial charge in [0.25, 0.3) is 6.43 Å². The Kier molecular flexibility index (Phi) is 6.35. The Labute approximate surface area is 169 Å². The average Bonchev–Trinajstić information content (AvgIpc) is 3.07. The summed E-state index contributed by atoms with van der Waals surface area (Å²) >= 11 is 0. The molecule has 0 unspecified atom stereocenters. The van der Waals surface area contributed by atoms with Crippen LogP contribution in [-0.2, 0) is 23.2 Å². The summed E-state index contributed by atoms with van der Waals surface area (Å²) in [7, 11) is 1.41. The van der Waals surface area contributed by atoms with E-state index in [4.69, 9.17) is 4.74 Å². The number of hydrogen-bond donors (Lipinski definition) is 2. The highest BCUT2D eigenvalue weighted by atomic mass is 19.3. The van der Waals surface area contributed by atoms with Crippen LogP contribution in [-0.4, -0.2) is 21.6 Å². The second-order valence-corrected chi connectivity index (χ2v) is 6.26. The molecule has 0 bridgehead atoms. The number of nitrogens with zero attached hydrogens (tertiary/aromatic N) is 2. The van der Waals surface area contributed by atoms with E-state index in [0.29, 0.717) is 11.3 Å². The number of carbonyl (C=O) groups is 2. The lowest BCUT2D eigenvalue weighted by Gasteiger charge is -2.10. The highest BCUT2D eigenvalue weighted by Gasteiger charge is 2.22. The number of halogens is 3. The molecule has 1 heterocycles. The van der Waals surface area contributed by atoms with Crippen molar-refractivity contribution in [3.05, 3.63) is 71.8 Å². The number of rotatable bonds is 6. The smallest absolute Gasteiger partial charge is 0.314 e. The lowest BCUT2D eigenvalue weighted by Crippen LogP contribution is -2.29. The van der Waals surface area contributed by atoms with Crippen molar-refractivity contribution < 1.29 is 27.5 Å². The van der Waals surface area contributed by atoms with Crippen molar-refractivity contribution >= 4 is 23.2 Å². The first-order valence-corrected chi connectivity index (χ1v) is 8.73. The van der Waals surface area contributed by atoms with Gasteiger partial charge in [-0.2, -0.15) is 5.10 Å². The zero-order valence-electron chi connectivity index (χ0n) is 15.7. The van der Waals surface area contributed by atoms with Gasteiger partial charge in [-0.25, -0.2) is 13.2 Å². The van der Waals surface area contributed by atoms with Crippen LogP contribution < -0.4 is 15.4 Å². The van der Waals surface area contributed by atoms with Crippen molar-refractivity contribution in [1.82, 2.24) is 9.78 Å². The number of ether oxygens (including phenoxy) is 1. The fraction of sp³-hybridized carbons (Fsp3) is 0.150. The monoisotopic (exact) mass is 418 g/mol. The maximum Gasteiger partial charge on any atom is 0.314 e. The van der Waals surface area contributed by atoms with E-state index in [1.54, 1.807) is 24.3 Å². The molecule has 2 amide bonds. The molecular formula is C20H17F3N4O3. The third-order valence-corrected chi connectivity index (χ3v) is 3.90. The number of aromatic nitrogens is 2. The molecule has 156 valence electrons. The number of benzene rings is 2. The van der Waals surface area contributed by atoms with E-state index in [-0.39, 0.29) is 23.8 Å². The summed E-state index contributed by atoms with van der Waals surface area (Å²) in [6, 6.07) is 12.1. The Balaban J connectivity index is 1.61. The van der Waals surface area contributed by atoms with Crippen LogP contribution >= 0.6 is 0 Å². The minimum Gasteiger partial charge on any atom is -0.489 e. The molecule has 0 aliphatic rings. The first-order valence-electron chi connectivity index (χ1n) is 8.73. The van der Waals surface area contributed by atoms with Crippen LogP contribution in [0.1, 0.15) is 17.7 Å². The van der Waals surface area contributed by atoms with Crippen molar-refractivity contribution in [2.45, 2.75) is 13.0 Å². The largest absolute Gasteiger partial charge is 0.489 e. The first-order chi connectivity index (χ1) is 14.3. The predicted molar refractivity (Wildman–Crippen MR) is 103 cm³/mol. The van der Waals surface area contributed by atoms with Crippen molar-refractivity contribution in [2.24, 2.45) is 7.05 Å². The predicted octanol–water partition coefficient (Wildman–Crippen LogP) is 3.65. The number of amides is 2. The average molecular weight is 418 g/mol. The van der Waals surface area contributed by atoms with Crippen molar-refractivity contribution in [3.8, 4) is 5.75 Å². The SMILES string of the molecule is Cn1cc(NC(=O)C(=O)Nc2cccc(OCc3cccc(F)c3)c2)c(C(F)F)n1. The van der Waals surface area contributed by atoms with Crippen LogP contribution in [0.5, 0.6) is 5.75 Å². The van der Waals surface area contributed by atoms with Gasteiger partial charge in [0.1, 0.15) is 18.2 Å². The minimum atomic E-state index is -2.91. The molecule has 2 aromatic carbocycles. The molecule has 0 atom stereocenters. The highest BCUT2D eigenvalue weighted by molar-refractivity contribution is 6.43. The standard InChI is InChI=1S/C20H17F3N4O3/c1-27-10-16(17(26-27)18(22)23)25-20(29)19(28)24-14-6-3-7-15(9-14)30-11-12-4-2-5-13(21)8-12/h2-10,18H,11H2,1H3,(H,24,28)(H,25,29). The Bertz CT molecular complexity index is 1070. The summed E-state index contributed by atoms with van der Waals surface area (Å²) in [4.78, 5) is 24.2. The molecule has 0 fully saturated rings. The Morgan fingerprint density at radius 1 is 1.10 bits per heavy atom. The lowest BCUT2D eigenvalue weighted by atomic mass is 10.2. The Morgan fingerprint density at radius 3 is 2.57 bits per heavy atom. The van der Waals surface area contributed by atoms with E-state index in [9.17, 15) is 22.8 Å². The third kappa shape index (κ3) is 5.37. The van der Waals surface area contributed by atoms with Crippen LogP contribution in [0.2, 0.25) is 0 Å². The van der Waals surface area contributed by atoms with Gasteiger partial charge in [0, 0.05) is 25.0 Å². The van der Waals surface area contributed by atoms with Gasteiger partial charge in [-0.05, 0) is 29.8 Å². The summed E-state index contributed by atoms with van der Waals surface area (Å²) in [6.45, 7) is 0.104. The van der Waals surface area contributed by atoms with Gasteiger partial charge in [0.15, 0.2) is 5.69 Å². The topological polar surface area (TPSA) is 85.2 Å². The number of nitrogens with one attached hydrogen (secondary N) is 2. The van der Waals surface area contributed by atoms with E-state index in [0.717, 1.165) is 4.68 Å². The van der Waals surface area contributed by atoms with Gasteiger partial charge >= 0.3 is 11.8 Å². The van der Waals surface area contributed by atoms with Gasteiger partial charge in [0.05, 0.1) is 5.69 Å². The van der Waals surface area contributed by atoms with Crippen LogP contribution in [0, 0.1) is 5.82 Å². The van der Waals surface area contributed by atoms with Crippen LogP contribution in [0.25, 0.3) is 0 Å². The molecule has 10 heteroatoms. The van der Waals surface area contributed by atoms with E-state index in [1.165, 1.54) is 37.5 Å². The van der Waals surface area contributed by atoms with Gasteiger partial charge in [-0.3, -0.25) is 14.3 Å². The molecule has 1 aromatic heterocycles.